The molecule has 116 valence electrons. The van der Waals surface area contributed by atoms with Crippen LogP contribution in [0, 0.1) is 6.92 Å². The lowest BCUT2D eigenvalue weighted by Gasteiger charge is -2.08. The van der Waals surface area contributed by atoms with Gasteiger partial charge in [0.15, 0.2) is 0 Å². The molecule has 7 heteroatoms. The van der Waals surface area contributed by atoms with Crippen molar-refractivity contribution in [2.75, 3.05) is 17.2 Å². The molecule has 0 saturated carbocycles. The van der Waals surface area contributed by atoms with Gasteiger partial charge in [-0.3, -0.25) is 5.32 Å². The van der Waals surface area contributed by atoms with Crippen molar-refractivity contribution >= 4 is 50.0 Å². The molecule has 0 spiro atoms. The molecule has 0 fully saturated rings. The Hall–Kier alpha value is -1.86. The van der Waals surface area contributed by atoms with E-state index in [1.54, 1.807) is 26.0 Å². The molecule has 2 rings (SSSR count). The summed E-state index contributed by atoms with van der Waals surface area (Å²) < 4.78 is 5.94. The number of carbonyl (C=O) groups excluding carboxylic acids is 2. The fraction of sp³-hybridized carbons (Fsp3) is 0.200. The molecule has 1 heterocycles. The summed E-state index contributed by atoms with van der Waals surface area (Å²) in [6, 6.07) is 6.80. The van der Waals surface area contributed by atoms with Crippen LogP contribution in [0.15, 0.2) is 34.1 Å². The number of amides is 2. The molecule has 0 aliphatic heterocycles. The number of thiophene rings is 1. The standard InChI is InChI=1S/C15H15BrN2O3S/c1-3-21-14(19)12-9(2)8-22-13(12)18-15(20)17-11-6-4-10(16)5-7-11/h4-8H,3H2,1-2H3,(H2,17,18,20). The number of urea groups is 1. The lowest BCUT2D eigenvalue weighted by atomic mass is 10.2. The van der Waals surface area contributed by atoms with Gasteiger partial charge in [0.1, 0.15) is 5.00 Å². The van der Waals surface area contributed by atoms with Crippen molar-refractivity contribution in [2.45, 2.75) is 13.8 Å². The first-order chi connectivity index (χ1) is 10.5. The smallest absolute Gasteiger partial charge is 0.341 e. The second-order valence-corrected chi connectivity index (χ2v) is 6.22. The van der Waals surface area contributed by atoms with Crippen molar-refractivity contribution < 1.29 is 14.3 Å². The minimum absolute atomic E-state index is 0.290. The van der Waals surface area contributed by atoms with Crippen LogP contribution >= 0.6 is 27.3 Å². The van der Waals surface area contributed by atoms with Gasteiger partial charge in [-0.25, -0.2) is 9.59 Å². The average Bonchev–Trinajstić information content (AvgIpc) is 2.82. The molecule has 2 aromatic rings. The van der Waals surface area contributed by atoms with E-state index in [1.807, 2.05) is 17.5 Å². The Balaban J connectivity index is 2.08. The summed E-state index contributed by atoms with van der Waals surface area (Å²) >= 11 is 4.62. The molecule has 2 amide bonds. The Morgan fingerprint density at radius 3 is 2.55 bits per heavy atom. The predicted octanol–water partition coefficient (Wildman–Crippen LogP) is 4.64. The van der Waals surface area contributed by atoms with E-state index in [-0.39, 0.29) is 0 Å². The number of hydrogen-bond acceptors (Lipinski definition) is 4. The molecule has 1 aromatic heterocycles. The highest BCUT2D eigenvalue weighted by Crippen LogP contribution is 2.28. The van der Waals surface area contributed by atoms with E-state index in [9.17, 15) is 9.59 Å². The normalized spacial score (nSPS) is 10.1. The highest BCUT2D eigenvalue weighted by Gasteiger charge is 2.19. The van der Waals surface area contributed by atoms with Gasteiger partial charge in [0.2, 0.25) is 0 Å². The van der Waals surface area contributed by atoms with E-state index in [0.29, 0.717) is 22.9 Å². The number of carbonyl (C=O) groups is 2. The first-order valence-electron chi connectivity index (χ1n) is 6.60. The molecule has 0 saturated heterocycles. The second kappa shape index (κ2) is 7.42. The number of hydrogen-bond donors (Lipinski definition) is 2. The maximum absolute atomic E-state index is 12.0. The third kappa shape index (κ3) is 4.08. The van der Waals surface area contributed by atoms with E-state index < -0.39 is 12.0 Å². The minimum atomic E-state index is -0.430. The molecule has 5 nitrogen and oxygen atoms in total. The predicted molar refractivity (Wildman–Crippen MR) is 91.8 cm³/mol. The maximum atomic E-state index is 12.0. The van der Waals surface area contributed by atoms with Gasteiger partial charge in [-0.1, -0.05) is 15.9 Å². The summed E-state index contributed by atoms with van der Waals surface area (Å²) in [5.74, 6) is -0.430. The summed E-state index contributed by atoms with van der Waals surface area (Å²) in [4.78, 5) is 24.0. The van der Waals surface area contributed by atoms with Gasteiger partial charge in [-0.2, -0.15) is 0 Å². The van der Waals surface area contributed by atoms with Crippen LogP contribution in [0.1, 0.15) is 22.8 Å². The molecule has 0 atom stereocenters. The van der Waals surface area contributed by atoms with Gasteiger partial charge in [0.05, 0.1) is 12.2 Å². The monoisotopic (exact) mass is 382 g/mol. The van der Waals surface area contributed by atoms with Crippen LogP contribution in [0.5, 0.6) is 0 Å². The van der Waals surface area contributed by atoms with E-state index in [0.717, 1.165) is 10.0 Å². The number of anilines is 2. The largest absolute Gasteiger partial charge is 0.462 e. The summed E-state index contributed by atoms with van der Waals surface area (Å²) in [5, 5.41) is 7.68. The number of nitrogens with one attached hydrogen (secondary N) is 2. The van der Waals surface area contributed by atoms with Crippen molar-refractivity contribution in [3.63, 3.8) is 0 Å². The van der Waals surface area contributed by atoms with Crippen molar-refractivity contribution in [3.8, 4) is 0 Å². The number of ether oxygens (including phenoxy) is 1. The first-order valence-corrected chi connectivity index (χ1v) is 8.27. The van der Waals surface area contributed by atoms with Crippen LogP contribution in [-0.4, -0.2) is 18.6 Å². The van der Waals surface area contributed by atoms with Crippen LogP contribution in [0.3, 0.4) is 0 Å². The quantitative estimate of drug-likeness (QED) is 0.756. The minimum Gasteiger partial charge on any atom is -0.462 e. The van der Waals surface area contributed by atoms with Crippen LogP contribution in [0.4, 0.5) is 15.5 Å². The summed E-state index contributed by atoms with van der Waals surface area (Å²) in [7, 11) is 0. The molecule has 0 bridgehead atoms. The molecular weight excluding hydrogens is 368 g/mol. The van der Waals surface area contributed by atoms with Gasteiger partial charge < -0.3 is 10.1 Å². The van der Waals surface area contributed by atoms with Crippen LogP contribution in [0.25, 0.3) is 0 Å². The molecule has 22 heavy (non-hydrogen) atoms. The number of aryl methyl sites for hydroxylation is 1. The van der Waals surface area contributed by atoms with Crippen LogP contribution < -0.4 is 10.6 Å². The Morgan fingerprint density at radius 2 is 1.91 bits per heavy atom. The fourth-order valence-corrected chi connectivity index (χ4v) is 2.98. The zero-order valence-corrected chi connectivity index (χ0v) is 14.5. The average molecular weight is 383 g/mol. The van der Waals surface area contributed by atoms with Crippen molar-refractivity contribution in [1.29, 1.82) is 0 Å². The zero-order valence-electron chi connectivity index (χ0n) is 12.1. The van der Waals surface area contributed by atoms with Gasteiger partial charge in [-0.05, 0) is 49.1 Å². The first kappa shape index (κ1) is 16.5. The Bertz CT molecular complexity index is 683. The summed E-state index contributed by atoms with van der Waals surface area (Å²) in [5.41, 5.74) is 1.84. The summed E-state index contributed by atoms with van der Waals surface area (Å²) in [6.07, 6.45) is 0. The zero-order chi connectivity index (χ0) is 16.1. The van der Waals surface area contributed by atoms with E-state index in [1.165, 1.54) is 11.3 Å². The van der Waals surface area contributed by atoms with Crippen molar-refractivity contribution in [2.24, 2.45) is 0 Å². The van der Waals surface area contributed by atoms with E-state index >= 15 is 0 Å². The third-order valence-corrected chi connectivity index (χ3v) is 4.33. The van der Waals surface area contributed by atoms with Gasteiger partial charge >= 0.3 is 12.0 Å². The Labute approximate surface area is 140 Å². The Kier molecular flexibility index (Phi) is 5.57. The fourth-order valence-electron chi connectivity index (χ4n) is 1.79. The van der Waals surface area contributed by atoms with E-state index in [4.69, 9.17) is 4.74 Å². The number of benzene rings is 1. The van der Waals surface area contributed by atoms with Crippen molar-refractivity contribution in [3.05, 3.63) is 45.2 Å². The van der Waals surface area contributed by atoms with Gasteiger partial charge in [0, 0.05) is 10.2 Å². The number of halogens is 1. The summed E-state index contributed by atoms with van der Waals surface area (Å²) in [6.45, 7) is 3.84. The molecule has 1 aromatic carbocycles. The highest BCUT2D eigenvalue weighted by atomic mass is 79.9. The van der Waals surface area contributed by atoms with Crippen LogP contribution in [0.2, 0.25) is 0 Å². The lowest BCUT2D eigenvalue weighted by molar-refractivity contribution is 0.0527. The third-order valence-electron chi connectivity index (χ3n) is 2.78. The molecular formula is C15H15BrN2O3S. The molecule has 0 aliphatic rings. The van der Waals surface area contributed by atoms with Crippen LogP contribution in [-0.2, 0) is 4.74 Å². The highest BCUT2D eigenvalue weighted by molar-refractivity contribution is 9.10. The topological polar surface area (TPSA) is 67.4 Å². The van der Waals surface area contributed by atoms with Gasteiger partial charge in [-0.15, -0.1) is 11.3 Å². The van der Waals surface area contributed by atoms with Gasteiger partial charge in [0.25, 0.3) is 0 Å². The molecule has 0 aliphatic carbocycles. The molecule has 0 unspecified atom stereocenters. The second-order valence-electron chi connectivity index (χ2n) is 4.43. The molecule has 0 radical (unpaired) electrons. The van der Waals surface area contributed by atoms with E-state index in [2.05, 4.69) is 26.6 Å². The molecule has 2 N–H and O–H groups in total. The number of rotatable bonds is 4. The SMILES string of the molecule is CCOC(=O)c1c(C)csc1NC(=O)Nc1ccc(Br)cc1. The maximum Gasteiger partial charge on any atom is 0.341 e. The Morgan fingerprint density at radius 1 is 1.23 bits per heavy atom. The number of esters is 1. The lowest BCUT2D eigenvalue weighted by Crippen LogP contribution is -2.20. The van der Waals surface area contributed by atoms with Crippen molar-refractivity contribution in [1.82, 2.24) is 0 Å².